The summed E-state index contributed by atoms with van der Waals surface area (Å²) in [4.78, 5) is 17.3. The van der Waals surface area contributed by atoms with E-state index in [1.165, 1.54) is 11.1 Å². The quantitative estimate of drug-likeness (QED) is 0.702. The first-order chi connectivity index (χ1) is 13.6. The largest absolute Gasteiger partial charge is 0.336 e. The van der Waals surface area contributed by atoms with E-state index in [1.807, 2.05) is 46.8 Å². The van der Waals surface area contributed by atoms with E-state index in [-0.39, 0.29) is 5.91 Å². The van der Waals surface area contributed by atoms with Crippen molar-refractivity contribution in [2.75, 3.05) is 26.2 Å². The van der Waals surface area contributed by atoms with Gasteiger partial charge in [0.15, 0.2) is 0 Å². The molecule has 1 fully saturated rings. The molecule has 1 aromatic heterocycles. The molecule has 0 radical (unpaired) electrons. The molecule has 2 heterocycles. The Bertz CT molecular complexity index is 953. The van der Waals surface area contributed by atoms with Crippen LogP contribution in [-0.4, -0.2) is 51.7 Å². The van der Waals surface area contributed by atoms with E-state index in [2.05, 4.69) is 41.2 Å². The lowest BCUT2D eigenvalue weighted by Crippen LogP contribution is -2.48. The van der Waals surface area contributed by atoms with Crippen LogP contribution in [0.2, 0.25) is 0 Å². The summed E-state index contributed by atoms with van der Waals surface area (Å²) in [5, 5.41) is 4.32. The van der Waals surface area contributed by atoms with Gasteiger partial charge in [-0.2, -0.15) is 5.10 Å². The Morgan fingerprint density at radius 1 is 0.929 bits per heavy atom. The zero-order chi connectivity index (χ0) is 19.5. The van der Waals surface area contributed by atoms with Crippen LogP contribution < -0.4 is 0 Å². The molecule has 0 bridgehead atoms. The van der Waals surface area contributed by atoms with Crippen LogP contribution in [-0.2, 0) is 6.54 Å². The molecule has 3 aromatic rings. The highest BCUT2D eigenvalue weighted by Gasteiger charge is 2.22. The summed E-state index contributed by atoms with van der Waals surface area (Å²) in [5.74, 6) is 0.110. The number of aryl methyl sites for hydroxylation is 2. The van der Waals surface area contributed by atoms with Crippen molar-refractivity contribution in [2.45, 2.75) is 20.4 Å². The Kier molecular flexibility index (Phi) is 5.26. The van der Waals surface area contributed by atoms with Crippen molar-refractivity contribution < 1.29 is 4.79 Å². The van der Waals surface area contributed by atoms with Crippen LogP contribution in [0, 0.1) is 13.8 Å². The van der Waals surface area contributed by atoms with Gasteiger partial charge in [0.1, 0.15) is 0 Å². The lowest BCUT2D eigenvalue weighted by atomic mass is 10.1. The molecule has 5 nitrogen and oxygen atoms in total. The molecule has 0 saturated carbocycles. The van der Waals surface area contributed by atoms with Crippen LogP contribution in [0.15, 0.2) is 60.8 Å². The molecule has 5 heteroatoms. The molecule has 0 atom stereocenters. The minimum absolute atomic E-state index is 0.110. The molecular formula is C23H26N4O. The monoisotopic (exact) mass is 374 g/mol. The van der Waals surface area contributed by atoms with Gasteiger partial charge in [-0.1, -0.05) is 24.3 Å². The van der Waals surface area contributed by atoms with Crippen molar-refractivity contribution in [3.05, 3.63) is 83.2 Å². The summed E-state index contributed by atoms with van der Waals surface area (Å²) in [5.41, 5.74) is 5.48. The van der Waals surface area contributed by atoms with Crippen molar-refractivity contribution in [3.63, 3.8) is 0 Å². The Morgan fingerprint density at radius 3 is 2.29 bits per heavy atom. The van der Waals surface area contributed by atoms with Gasteiger partial charge in [0.25, 0.3) is 5.91 Å². The Labute approximate surface area is 166 Å². The van der Waals surface area contributed by atoms with Crippen molar-refractivity contribution in [2.24, 2.45) is 0 Å². The van der Waals surface area contributed by atoms with Gasteiger partial charge in [-0.05, 0) is 55.3 Å². The summed E-state index contributed by atoms with van der Waals surface area (Å²) < 4.78 is 1.87. The highest BCUT2D eigenvalue weighted by Crippen LogP contribution is 2.16. The number of benzene rings is 2. The normalized spacial score (nSPS) is 15.0. The number of nitrogens with zero attached hydrogens (tertiary/aromatic N) is 4. The summed E-state index contributed by atoms with van der Waals surface area (Å²) in [6.45, 7) is 8.48. The smallest absolute Gasteiger partial charge is 0.253 e. The van der Waals surface area contributed by atoms with Crippen LogP contribution in [0.4, 0.5) is 0 Å². The minimum Gasteiger partial charge on any atom is -0.336 e. The summed E-state index contributed by atoms with van der Waals surface area (Å²) in [6, 6.07) is 18.2. The van der Waals surface area contributed by atoms with E-state index in [0.717, 1.165) is 49.7 Å². The Hall–Kier alpha value is -2.92. The van der Waals surface area contributed by atoms with E-state index < -0.39 is 0 Å². The third-order valence-electron chi connectivity index (χ3n) is 5.51. The SMILES string of the molecule is Cc1ccccc1CN1CCN(C(=O)c2ccc(-n3nccc3C)cc2)CC1. The Morgan fingerprint density at radius 2 is 1.64 bits per heavy atom. The van der Waals surface area contributed by atoms with E-state index in [4.69, 9.17) is 0 Å². The number of carbonyl (C=O) groups excluding carboxylic acids is 1. The molecule has 4 rings (SSSR count). The highest BCUT2D eigenvalue weighted by atomic mass is 16.2. The minimum atomic E-state index is 0.110. The van der Waals surface area contributed by atoms with E-state index in [1.54, 1.807) is 6.20 Å². The van der Waals surface area contributed by atoms with Gasteiger partial charge in [0, 0.05) is 50.2 Å². The van der Waals surface area contributed by atoms with Crippen LogP contribution in [0.3, 0.4) is 0 Å². The zero-order valence-corrected chi connectivity index (χ0v) is 16.5. The summed E-state index contributed by atoms with van der Waals surface area (Å²) >= 11 is 0. The molecule has 0 spiro atoms. The van der Waals surface area contributed by atoms with Gasteiger partial charge < -0.3 is 4.90 Å². The van der Waals surface area contributed by atoms with Crippen LogP contribution in [0.5, 0.6) is 0 Å². The maximum atomic E-state index is 12.9. The maximum Gasteiger partial charge on any atom is 0.253 e. The van der Waals surface area contributed by atoms with E-state index in [9.17, 15) is 4.79 Å². The fraction of sp³-hybridized carbons (Fsp3) is 0.304. The number of rotatable bonds is 4. The van der Waals surface area contributed by atoms with Crippen molar-refractivity contribution in [3.8, 4) is 5.69 Å². The standard InChI is InChI=1S/C23H26N4O/c1-18-5-3-4-6-21(18)17-25-13-15-26(16-14-25)23(28)20-7-9-22(10-8-20)27-19(2)11-12-24-27/h3-12H,13-17H2,1-2H3. The second-order valence-electron chi connectivity index (χ2n) is 7.43. The first-order valence-electron chi connectivity index (χ1n) is 9.79. The molecule has 1 aliphatic rings. The third kappa shape index (κ3) is 3.85. The van der Waals surface area contributed by atoms with E-state index in [0.29, 0.717) is 0 Å². The van der Waals surface area contributed by atoms with Crippen molar-refractivity contribution in [1.29, 1.82) is 0 Å². The molecular weight excluding hydrogens is 348 g/mol. The maximum absolute atomic E-state index is 12.9. The lowest BCUT2D eigenvalue weighted by molar-refractivity contribution is 0.0628. The topological polar surface area (TPSA) is 41.4 Å². The predicted molar refractivity (Wildman–Crippen MR) is 111 cm³/mol. The van der Waals surface area contributed by atoms with Gasteiger partial charge in [0.05, 0.1) is 5.69 Å². The predicted octanol–water partition coefficient (Wildman–Crippen LogP) is 3.45. The highest BCUT2D eigenvalue weighted by molar-refractivity contribution is 5.94. The lowest BCUT2D eigenvalue weighted by Gasteiger charge is -2.35. The van der Waals surface area contributed by atoms with Crippen molar-refractivity contribution >= 4 is 5.91 Å². The fourth-order valence-electron chi connectivity index (χ4n) is 3.71. The molecule has 28 heavy (non-hydrogen) atoms. The van der Waals surface area contributed by atoms with Gasteiger partial charge in [-0.15, -0.1) is 0 Å². The van der Waals surface area contributed by atoms with Crippen LogP contribution >= 0.6 is 0 Å². The van der Waals surface area contributed by atoms with Gasteiger partial charge in [0.2, 0.25) is 0 Å². The van der Waals surface area contributed by atoms with Crippen molar-refractivity contribution in [1.82, 2.24) is 19.6 Å². The molecule has 2 aromatic carbocycles. The average molecular weight is 374 g/mol. The number of carbonyl (C=O) groups is 1. The molecule has 144 valence electrons. The van der Waals surface area contributed by atoms with Crippen LogP contribution in [0.25, 0.3) is 5.69 Å². The first kappa shape index (κ1) is 18.4. The van der Waals surface area contributed by atoms with E-state index >= 15 is 0 Å². The second-order valence-corrected chi connectivity index (χ2v) is 7.43. The second kappa shape index (κ2) is 7.98. The number of aromatic nitrogens is 2. The van der Waals surface area contributed by atoms with Gasteiger partial charge >= 0.3 is 0 Å². The number of hydrogen-bond donors (Lipinski definition) is 0. The molecule has 1 aliphatic heterocycles. The zero-order valence-electron chi connectivity index (χ0n) is 16.5. The first-order valence-corrected chi connectivity index (χ1v) is 9.79. The number of amides is 1. The molecule has 0 N–H and O–H groups in total. The van der Waals surface area contributed by atoms with Gasteiger partial charge in [-0.25, -0.2) is 4.68 Å². The summed E-state index contributed by atoms with van der Waals surface area (Å²) in [6.07, 6.45) is 1.78. The number of piperazine rings is 1. The molecule has 0 aliphatic carbocycles. The van der Waals surface area contributed by atoms with Crippen LogP contribution in [0.1, 0.15) is 27.2 Å². The fourth-order valence-corrected chi connectivity index (χ4v) is 3.71. The average Bonchev–Trinajstić information content (AvgIpc) is 3.16. The third-order valence-corrected chi connectivity index (χ3v) is 5.51. The molecule has 0 unspecified atom stereocenters. The van der Waals surface area contributed by atoms with Gasteiger partial charge in [-0.3, -0.25) is 9.69 Å². The molecule has 1 saturated heterocycles. The summed E-state index contributed by atoms with van der Waals surface area (Å²) in [7, 11) is 0. The Balaban J connectivity index is 1.36. The molecule has 1 amide bonds. The number of hydrogen-bond acceptors (Lipinski definition) is 3.